The highest BCUT2D eigenvalue weighted by Gasteiger charge is 2.21. The van der Waals surface area contributed by atoms with Crippen LogP contribution in [-0.2, 0) is 10.2 Å². The fraction of sp³-hybridized carbons (Fsp3) is 0.417. The highest BCUT2D eigenvalue weighted by Crippen LogP contribution is 2.26. The molecule has 0 unspecified atom stereocenters. The van der Waals surface area contributed by atoms with Gasteiger partial charge in [0.2, 0.25) is 0 Å². The average Bonchev–Trinajstić information content (AvgIpc) is 2.25. The van der Waals surface area contributed by atoms with Crippen molar-refractivity contribution in [1.82, 2.24) is 4.72 Å². The lowest BCUT2D eigenvalue weighted by Crippen LogP contribution is -2.43. The molecule has 8 heteroatoms. The third-order valence-electron chi connectivity index (χ3n) is 2.20. The Morgan fingerprint density at radius 1 is 1.35 bits per heavy atom. The fourth-order valence-electron chi connectivity index (χ4n) is 1.52. The second-order valence-corrected chi connectivity index (χ2v) is 6.70. The third-order valence-corrected chi connectivity index (χ3v) is 3.57. The van der Waals surface area contributed by atoms with E-state index in [-0.39, 0.29) is 17.3 Å². The largest absolute Gasteiger partial charge is 0.495 e. The van der Waals surface area contributed by atoms with Crippen LogP contribution < -0.4 is 19.9 Å². The number of amidine groups is 1. The van der Waals surface area contributed by atoms with Crippen molar-refractivity contribution in [3.8, 4) is 5.75 Å². The molecule has 7 nitrogen and oxygen atoms in total. The quantitative estimate of drug-likeness (QED) is 0.479. The van der Waals surface area contributed by atoms with E-state index >= 15 is 0 Å². The molecule has 0 aliphatic carbocycles. The zero-order chi connectivity index (χ0) is 15.6. The summed E-state index contributed by atoms with van der Waals surface area (Å²) in [5, 5.41) is 7.35. The minimum Gasteiger partial charge on any atom is -0.495 e. The van der Waals surface area contributed by atoms with E-state index in [1.165, 1.54) is 19.2 Å². The Kier molecular flexibility index (Phi) is 4.61. The molecule has 20 heavy (non-hydrogen) atoms. The van der Waals surface area contributed by atoms with Crippen molar-refractivity contribution in [2.75, 3.05) is 11.8 Å². The summed E-state index contributed by atoms with van der Waals surface area (Å²) < 4.78 is 33.9. The van der Waals surface area contributed by atoms with Crippen LogP contribution in [-0.4, -0.2) is 26.9 Å². The Morgan fingerprint density at radius 3 is 2.40 bits per heavy atom. The highest BCUT2D eigenvalue weighted by atomic mass is 32.2. The smallest absolute Gasteiger partial charge is 0.299 e. The first-order valence-electron chi connectivity index (χ1n) is 5.88. The van der Waals surface area contributed by atoms with Gasteiger partial charge in [-0.2, -0.15) is 13.1 Å². The molecule has 0 amide bonds. The van der Waals surface area contributed by atoms with Crippen LogP contribution in [0.2, 0.25) is 0 Å². The van der Waals surface area contributed by atoms with Crippen LogP contribution in [0.3, 0.4) is 0 Å². The molecule has 0 saturated heterocycles. The Balaban J connectivity index is 3.06. The molecular weight excluding hydrogens is 280 g/mol. The summed E-state index contributed by atoms with van der Waals surface area (Å²) >= 11 is 0. The summed E-state index contributed by atoms with van der Waals surface area (Å²) in [5.41, 5.74) is 5.50. The van der Waals surface area contributed by atoms with Crippen LogP contribution in [0, 0.1) is 5.41 Å². The van der Waals surface area contributed by atoms with Gasteiger partial charge in [0.05, 0.1) is 12.8 Å². The van der Waals surface area contributed by atoms with E-state index in [1.807, 2.05) is 0 Å². The number of benzene rings is 1. The van der Waals surface area contributed by atoms with Gasteiger partial charge in [-0.3, -0.25) is 10.1 Å². The van der Waals surface area contributed by atoms with Gasteiger partial charge in [0, 0.05) is 11.1 Å². The zero-order valence-corrected chi connectivity index (χ0v) is 12.8. The Bertz CT molecular complexity index is 606. The molecule has 0 aliphatic rings. The highest BCUT2D eigenvalue weighted by molar-refractivity contribution is 7.90. The van der Waals surface area contributed by atoms with E-state index in [0.29, 0.717) is 5.56 Å². The maximum Gasteiger partial charge on any atom is 0.299 e. The summed E-state index contributed by atoms with van der Waals surface area (Å²) in [6, 6.07) is 4.54. The van der Waals surface area contributed by atoms with Crippen molar-refractivity contribution < 1.29 is 13.2 Å². The van der Waals surface area contributed by atoms with Gasteiger partial charge in [0.1, 0.15) is 11.6 Å². The van der Waals surface area contributed by atoms with Gasteiger partial charge >= 0.3 is 0 Å². The predicted molar refractivity (Wildman–Crippen MR) is 79.4 cm³/mol. The molecule has 112 valence electrons. The number of methoxy groups -OCH3 is 1. The van der Waals surface area contributed by atoms with Crippen molar-refractivity contribution in [1.29, 1.82) is 5.41 Å². The Morgan fingerprint density at radius 2 is 1.95 bits per heavy atom. The van der Waals surface area contributed by atoms with Crippen LogP contribution in [0.1, 0.15) is 26.3 Å². The maximum atomic E-state index is 12.0. The molecule has 0 radical (unpaired) electrons. The molecule has 0 saturated carbocycles. The number of rotatable bonds is 5. The first-order valence-corrected chi connectivity index (χ1v) is 7.36. The standard InChI is InChI=1S/C12H20N4O3S/c1-12(2,3)16-20(17,18)15-9-6-5-8(11(13)14)7-10(9)19-4/h5-7,15-16H,1-4H3,(H3,13,14). The zero-order valence-electron chi connectivity index (χ0n) is 11.9. The van der Waals surface area contributed by atoms with Crippen molar-refractivity contribution in [2.45, 2.75) is 26.3 Å². The lowest BCUT2D eigenvalue weighted by atomic mass is 10.1. The molecule has 0 atom stereocenters. The molecule has 1 aromatic rings. The van der Waals surface area contributed by atoms with Crippen molar-refractivity contribution in [3.63, 3.8) is 0 Å². The van der Waals surface area contributed by atoms with Gasteiger partial charge in [-0.05, 0) is 39.0 Å². The summed E-state index contributed by atoms with van der Waals surface area (Å²) in [7, 11) is -2.31. The number of nitrogens with two attached hydrogens (primary N) is 1. The minimum absolute atomic E-state index is 0.120. The number of nitrogen functional groups attached to an aromatic ring is 1. The first kappa shape index (κ1) is 16.3. The van der Waals surface area contributed by atoms with E-state index in [1.54, 1.807) is 26.8 Å². The normalized spacial score (nSPS) is 12.0. The molecule has 0 aliphatic heterocycles. The fourth-order valence-corrected chi connectivity index (χ4v) is 2.83. The number of hydrogen-bond acceptors (Lipinski definition) is 4. The maximum absolute atomic E-state index is 12.0. The van der Waals surface area contributed by atoms with E-state index < -0.39 is 15.7 Å². The molecule has 1 rings (SSSR count). The lowest BCUT2D eigenvalue weighted by molar-refractivity contribution is 0.416. The topological polar surface area (TPSA) is 117 Å². The van der Waals surface area contributed by atoms with Crippen LogP contribution in [0.5, 0.6) is 5.75 Å². The van der Waals surface area contributed by atoms with E-state index in [0.717, 1.165) is 0 Å². The van der Waals surface area contributed by atoms with Crippen LogP contribution in [0.25, 0.3) is 0 Å². The second kappa shape index (κ2) is 5.68. The van der Waals surface area contributed by atoms with Crippen LogP contribution in [0.4, 0.5) is 5.69 Å². The number of anilines is 1. The second-order valence-electron chi connectivity index (χ2n) is 5.29. The Hall–Kier alpha value is -1.80. The van der Waals surface area contributed by atoms with E-state index in [2.05, 4.69) is 9.44 Å². The monoisotopic (exact) mass is 300 g/mol. The van der Waals surface area contributed by atoms with Gasteiger partial charge in [-0.1, -0.05) is 0 Å². The predicted octanol–water partition coefficient (Wildman–Crippen LogP) is 1.02. The molecule has 0 heterocycles. The summed E-state index contributed by atoms with van der Waals surface area (Å²) in [6.07, 6.45) is 0. The first-order chi connectivity index (χ1) is 9.04. The summed E-state index contributed by atoms with van der Waals surface area (Å²) in [4.78, 5) is 0. The van der Waals surface area contributed by atoms with Crippen molar-refractivity contribution in [2.24, 2.45) is 5.73 Å². The van der Waals surface area contributed by atoms with Gasteiger partial charge in [0.15, 0.2) is 0 Å². The van der Waals surface area contributed by atoms with Gasteiger partial charge in [0.25, 0.3) is 10.2 Å². The number of hydrogen-bond donors (Lipinski definition) is 4. The molecule has 0 aromatic heterocycles. The lowest BCUT2D eigenvalue weighted by Gasteiger charge is -2.21. The number of ether oxygens (including phenoxy) is 1. The average molecular weight is 300 g/mol. The van der Waals surface area contributed by atoms with Crippen LogP contribution >= 0.6 is 0 Å². The number of nitrogens with one attached hydrogen (secondary N) is 3. The molecule has 0 spiro atoms. The van der Waals surface area contributed by atoms with Gasteiger partial charge < -0.3 is 10.5 Å². The van der Waals surface area contributed by atoms with E-state index in [9.17, 15) is 8.42 Å². The minimum atomic E-state index is -3.72. The Labute approximate surface area is 119 Å². The molecule has 0 bridgehead atoms. The molecule has 0 fully saturated rings. The van der Waals surface area contributed by atoms with Crippen molar-refractivity contribution >= 4 is 21.7 Å². The van der Waals surface area contributed by atoms with Gasteiger partial charge in [-0.15, -0.1) is 0 Å². The van der Waals surface area contributed by atoms with Gasteiger partial charge in [-0.25, -0.2) is 0 Å². The third kappa shape index (κ3) is 4.71. The SMILES string of the molecule is COc1cc(C(=N)N)ccc1NS(=O)(=O)NC(C)(C)C. The van der Waals surface area contributed by atoms with Crippen molar-refractivity contribution in [3.05, 3.63) is 23.8 Å². The molecule has 1 aromatic carbocycles. The summed E-state index contributed by atoms with van der Waals surface area (Å²) in [6.45, 7) is 5.22. The molecular formula is C12H20N4O3S. The summed E-state index contributed by atoms with van der Waals surface area (Å²) in [5.74, 6) is 0.169. The van der Waals surface area contributed by atoms with Crippen LogP contribution in [0.15, 0.2) is 18.2 Å². The van der Waals surface area contributed by atoms with E-state index in [4.69, 9.17) is 15.9 Å². The molecule has 5 N–H and O–H groups in total.